The molecule has 2 aromatic carbocycles. The van der Waals surface area contributed by atoms with Crippen LogP contribution in [0.4, 0.5) is 10.5 Å². The van der Waals surface area contributed by atoms with E-state index in [0.29, 0.717) is 24.6 Å². The Hall–Kier alpha value is -3.28. The Bertz CT molecular complexity index is 1050. The van der Waals surface area contributed by atoms with E-state index < -0.39 is 0 Å². The fraction of sp³-hybridized carbons (Fsp3) is 0.304. The molecule has 0 unspecified atom stereocenters. The molecule has 2 N–H and O–H groups in total. The number of piperidine rings is 1. The van der Waals surface area contributed by atoms with Gasteiger partial charge < -0.3 is 15.2 Å². The maximum absolute atomic E-state index is 12.9. The number of urea groups is 1. The van der Waals surface area contributed by atoms with Crippen molar-refractivity contribution in [2.75, 3.05) is 31.1 Å². The fourth-order valence-corrected chi connectivity index (χ4v) is 4.51. The number of fused-ring (bicyclic) bond motifs is 1. The van der Waals surface area contributed by atoms with Crippen LogP contribution in [0.2, 0.25) is 0 Å². The standard InChI is InChI=1S/C23H24N4O2/c28-22(17-5-7-18(8-6-17)27-14-11-24-23(27)29)26-12-9-16(10-13-26)20-15-25-21-4-2-1-3-19(20)21/h1-8,15-16,25H,9-14H2,(H,24,29). The Morgan fingerprint density at radius 1 is 0.966 bits per heavy atom. The molecule has 0 spiro atoms. The lowest BCUT2D eigenvalue weighted by Gasteiger charge is -2.32. The molecule has 0 atom stereocenters. The summed E-state index contributed by atoms with van der Waals surface area (Å²) in [6.07, 6.45) is 4.07. The number of H-pyrrole nitrogens is 1. The highest BCUT2D eigenvalue weighted by atomic mass is 16.2. The van der Waals surface area contributed by atoms with Gasteiger partial charge in [0.25, 0.3) is 5.91 Å². The number of amides is 3. The number of nitrogens with one attached hydrogen (secondary N) is 2. The minimum absolute atomic E-state index is 0.0693. The van der Waals surface area contributed by atoms with E-state index in [2.05, 4.69) is 34.7 Å². The third kappa shape index (κ3) is 3.24. The molecule has 6 heteroatoms. The number of aromatic amines is 1. The van der Waals surface area contributed by atoms with Gasteiger partial charge in [-0.1, -0.05) is 18.2 Å². The minimum Gasteiger partial charge on any atom is -0.361 e. The Kier molecular flexibility index (Phi) is 4.46. The smallest absolute Gasteiger partial charge is 0.321 e. The minimum atomic E-state index is -0.0802. The average Bonchev–Trinajstić information content (AvgIpc) is 3.40. The highest BCUT2D eigenvalue weighted by molar-refractivity contribution is 5.97. The van der Waals surface area contributed by atoms with Gasteiger partial charge in [-0.25, -0.2) is 4.79 Å². The van der Waals surface area contributed by atoms with Gasteiger partial charge in [0.1, 0.15) is 0 Å². The number of benzene rings is 2. The molecule has 2 saturated heterocycles. The van der Waals surface area contributed by atoms with Gasteiger partial charge in [0.15, 0.2) is 0 Å². The van der Waals surface area contributed by atoms with Crippen LogP contribution < -0.4 is 10.2 Å². The van der Waals surface area contributed by atoms with Crippen molar-refractivity contribution in [3.63, 3.8) is 0 Å². The van der Waals surface area contributed by atoms with Gasteiger partial charge in [0, 0.05) is 54.5 Å². The first-order chi connectivity index (χ1) is 14.2. The summed E-state index contributed by atoms with van der Waals surface area (Å²) in [4.78, 5) is 31.7. The van der Waals surface area contributed by atoms with Gasteiger partial charge >= 0.3 is 6.03 Å². The second kappa shape index (κ2) is 7.28. The topological polar surface area (TPSA) is 68.4 Å². The van der Waals surface area contributed by atoms with E-state index in [0.717, 1.165) is 31.6 Å². The molecule has 2 fully saturated rings. The van der Waals surface area contributed by atoms with E-state index in [4.69, 9.17) is 0 Å². The summed E-state index contributed by atoms with van der Waals surface area (Å²) in [5.41, 5.74) is 4.04. The number of hydrogen-bond acceptors (Lipinski definition) is 2. The predicted octanol–water partition coefficient (Wildman–Crippen LogP) is 3.72. The van der Waals surface area contributed by atoms with Crippen LogP contribution in [0.3, 0.4) is 0 Å². The number of hydrogen-bond donors (Lipinski definition) is 2. The van der Waals surface area contributed by atoms with Crippen molar-refractivity contribution in [3.05, 3.63) is 65.9 Å². The lowest BCUT2D eigenvalue weighted by Crippen LogP contribution is -2.37. The van der Waals surface area contributed by atoms with Crippen LogP contribution in [0.25, 0.3) is 10.9 Å². The molecule has 6 nitrogen and oxygen atoms in total. The zero-order valence-corrected chi connectivity index (χ0v) is 16.2. The highest BCUT2D eigenvalue weighted by Gasteiger charge is 2.26. The Morgan fingerprint density at radius 3 is 2.45 bits per heavy atom. The van der Waals surface area contributed by atoms with Crippen molar-refractivity contribution < 1.29 is 9.59 Å². The zero-order valence-electron chi connectivity index (χ0n) is 16.2. The zero-order chi connectivity index (χ0) is 19.8. The molecule has 0 radical (unpaired) electrons. The van der Waals surface area contributed by atoms with Crippen molar-refractivity contribution in [1.82, 2.24) is 15.2 Å². The van der Waals surface area contributed by atoms with Gasteiger partial charge in [-0.05, 0) is 54.7 Å². The second-order valence-corrected chi connectivity index (χ2v) is 7.79. The van der Waals surface area contributed by atoms with Gasteiger partial charge in [-0.2, -0.15) is 0 Å². The van der Waals surface area contributed by atoms with Crippen LogP contribution in [0, 0.1) is 0 Å². The molecule has 29 heavy (non-hydrogen) atoms. The second-order valence-electron chi connectivity index (χ2n) is 7.79. The quantitative estimate of drug-likeness (QED) is 0.718. The predicted molar refractivity (Wildman–Crippen MR) is 113 cm³/mol. The molecule has 5 rings (SSSR count). The summed E-state index contributed by atoms with van der Waals surface area (Å²) < 4.78 is 0. The van der Waals surface area contributed by atoms with Crippen LogP contribution in [-0.2, 0) is 0 Å². The van der Waals surface area contributed by atoms with E-state index in [1.54, 1.807) is 4.90 Å². The lowest BCUT2D eigenvalue weighted by atomic mass is 9.89. The first-order valence-corrected chi connectivity index (χ1v) is 10.2. The van der Waals surface area contributed by atoms with Gasteiger partial charge in [0.2, 0.25) is 0 Å². The number of nitrogens with zero attached hydrogens (tertiary/aromatic N) is 2. The van der Waals surface area contributed by atoms with E-state index >= 15 is 0 Å². The number of carbonyl (C=O) groups is 2. The molecular formula is C23H24N4O2. The highest BCUT2D eigenvalue weighted by Crippen LogP contribution is 2.33. The molecule has 2 aliphatic rings. The molecule has 3 heterocycles. The van der Waals surface area contributed by atoms with Crippen molar-refractivity contribution in [1.29, 1.82) is 0 Å². The van der Waals surface area contributed by atoms with Crippen LogP contribution in [0.15, 0.2) is 54.7 Å². The van der Waals surface area contributed by atoms with E-state index in [9.17, 15) is 9.59 Å². The van der Waals surface area contributed by atoms with Crippen molar-refractivity contribution in [3.8, 4) is 0 Å². The molecule has 0 saturated carbocycles. The summed E-state index contributed by atoms with van der Waals surface area (Å²) >= 11 is 0. The van der Waals surface area contributed by atoms with Crippen LogP contribution in [-0.4, -0.2) is 48.0 Å². The fourth-order valence-electron chi connectivity index (χ4n) is 4.51. The molecule has 3 amide bonds. The monoisotopic (exact) mass is 388 g/mol. The van der Waals surface area contributed by atoms with Crippen LogP contribution in [0.1, 0.15) is 34.7 Å². The summed E-state index contributed by atoms with van der Waals surface area (Å²) in [6, 6.07) is 15.7. The average molecular weight is 388 g/mol. The summed E-state index contributed by atoms with van der Waals surface area (Å²) in [5.74, 6) is 0.547. The maximum Gasteiger partial charge on any atom is 0.321 e. The molecule has 1 aromatic heterocycles. The Labute approximate surface area is 169 Å². The molecule has 148 valence electrons. The summed E-state index contributed by atoms with van der Waals surface area (Å²) in [5, 5.41) is 4.08. The molecule has 2 aliphatic heterocycles. The van der Waals surface area contributed by atoms with E-state index in [1.165, 1.54) is 16.5 Å². The summed E-state index contributed by atoms with van der Waals surface area (Å²) in [6.45, 7) is 2.84. The first-order valence-electron chi connectivity index (χ1n) is 10.2. The molecule has 0 aliphatic carbocycles. The largest absolute Gasteiger partial charge is 0.361 e. The van der Waals surface area contributed by atoms with Crippen molar-refractivity contribution in [2.24, 2.45) is 0 Å². The van der Waals surface area contributed by atoms with Gasteiger partial charge in [-0.3, -0.25) is 9.69 Å². The third-order valence-corrected chi connectivity index (χ3v) is 6.13. The van der Waals surface area contributed by atoms with Crippen molar-refractivity contribution in [2.45, 2.75) is 18.8 Å². The molecule has 3 aromatic rings. The third-order valence-electron chi connectivity index (χ3n) is 6.13. The van der Waals surface area contributed by atoms with Crippen LogP contribution >= 0.6 is 0 Å². The first kappa shape index (κ1) is 17.8. The maximum atomic E-state index is 12.9. The van der Waals surface area contributed by atoms with Crippen molar-refractivity contribution >= 4 is 28.5 Å². The van der Waals surface area contributed by atoms with E-state index in [1.807, 2.05) is 35.2 Å². The van der Waals surface area contributed by atoms with E-state index in [-0.39, 0.29) is 11.9 Å². The Balaban J connectivity index is 1.25. The van der Waals surface area contributed by atoms with Gasteiger partial charge in [0.05, 0.1) is 0 Å². The number of anilines is 1. The van der Waals surface area contributed by atoms with Crippen LogP contribution in [0.5, 0.6) is 0 Å². The number of likely N-dealkylation sites (tertiary alicyclic amines) is 1. The number of rotatable bonds is 3. The normalized spacial score (nSPS) is 17.7. The number of aromatic nitrogens is 1. The lowest BCUT2D eigenvalue weighted by molar-refractivity contribution is 0.0713. The Morgan fingerprint density at radius 2 is 1.72 bits per heavy atom. The summed E-state index contributed by atoms with van der Waals surface area (Å²) in [7, 11) is 0. The molecular weight excluding hydrogens is 364 g/mol. The number of carbonyl (C=O) groups excluding carboxylic acids is 2. The molecule has 0 bridgehead atoms. The van der Waals surface area contributed by atoms with Gasteiger partial charge in [-0.15, -0.1) is 0 Å². The number of para-hydroxylation sites is 1. The SMILES string of the molecule is O=C(c1ccc(N2CCNC2=O)cc1)N1CCC(c2c[nH]c3ccccc23)CC1.